The number of carbonyl (C=O) groups is 1. The van der Waals surface area contributed by atoms with E-state index in [0.717, 1.165) is 17.7 Å². The van der Waals surface area contributed by atoms with E-state index >= 15 is 0 Å². The van der Waals surface area contributed by atoms with Crippen LogP contribution in [0.25, 0.3) is 5.65 Å². The van der Waals surface area contributed by atoms with Crippen molar-refractivity contribution >= 4 is 23.2 Å². The number of rotatable bonds is 5. The van der Waals surface area contributed by atoms with Crippen LogP contribution in [0.1, 0.15) is 41.4 Å². The highest BCUT2D eigenvalue weighted by Gasteiger charge is 2.34. The number of nitrogens with zero attached hydrogens (tertiary/aromatic N) is 4. The van der Waals surface area contributed by atoms with Gasteiger partial charge in [-0.25, -0.2) is 18.3 Å². The highest BCUT2D eigenvalue weighted by Crippen LogP contribution is 2.30. The molecule has 32 heavy (non-hydrogen) atoms. The van der Waals surface area contributed by atoms with Gasteiger partial charge in [0.1, 0.15) is 24.3 Å². The molecule has 0 bridgehead atoms. The van der Waals surface area contributed by atoms with E-state index in [0.29, 0.717) is 30.2 Å². The zero-order valence-electron chi connectivity index (χ0n) is 17.4. The first-order chi connectivity index (χ1) is 15.4. The maximum absolute atomic E-state index is 14.3. The van der Waals surface area contributed by atoms with E-state index in [2.05, 4.69) is 15.4 Å². The van der Waals surface area contributed by atoms with Gasteiger partial charge in [-0.05, 0) is 25.0 Å². The maximum Gasteiger partial charge on any atom is 0.258 e. The van der Waals surface area contributed by atoms with Crippen LogP contribution in [0, 0.1) is 5.82 Å². The van der Waals surface area contributed by atoms with Crippen molar-refractivity contribution in [2.75, 3.05) is 6.61 Å². The van der Waals surface area contributed by atoms with Crippen molar-refractivity contribution in [2.45, 2.75) is 51.1 Å². The molecular formula is C22H22ClF2N5O2. The van der Waals surface area contributed by atoms with Gasteiger partial charge in [0.15, 0.2) is 5.65 Å². The van der Waals surface area contributed by atoms with Gasteiger partial charge < -0.3 is 15.0 Å². The monoisotopic (exact) mass is 461 g/mol. The molecule has 7 nitrogen and oxygen atoms in total. The zero-order chi connectivity index (χ0) is 22.4. The van der Waals surface area contributed by atoms with Gasteiger partial charge in [0.05, 0.1) is 41.6 Å². The number of carbonyl (C=O) groups excluding carboxylic acids is 1. The maximum atomic E-state index is 14.3. The summed E-state index contributed by atoms with van der Waals surface area (Å²) < 4.78 is 35.5. The molecule has 0 spiro atoms. The number of alkyl halides is 1. The summed E-state index contributed by atoms with van der Waals surface area (Å²) in [5.74, 6) is -0.733. The summed E-state index contributed by atoms with van der Waals surface area (Å²) in [6, 6.07) is 3.39. The Kier molecular flexibility index (Phi) is 5.46. The molecule has 1 fully saturated rings. The molecule has 2 aliphatic heterocycles. The molecule has 0 radical (unpaired) electrons. The molecule has 1 saturated heterocycles. The lowest BCUT2D eigenvalue weighted by atomic mass is 10.1. The minimum absolute atomic E-state index is 0.0141. The van der Waals surface area contributed by atoms with Crippen LogP contribution in [0.2, 0.25) is 5.02 Å². The number of benzene rings is 1. The van der Waals surface area contributed by atoms with Crippen molar-refractivity contribution in [1.29, 1.82) is 0 Å². The average Bonchev–Trinajstić information content (AvgIpc) is 3.43. The standard InChI is InChI=1S/C22H22ClF2N5O2/c1-2-14-6-17(25)19(27-14)11-32-20-5-13(24)3-4-15(20)22(31)29-9-16-18(10-29)28-30-8-12(23)7-26-21(16)30/h3-5,7-8,14,17,19,27H,2,6,9-11H2,1H3. The molecule has 4 heterocycles. The van der Waals surface area contributed by atoms with E-state index in [-0.39, 0.29) is 29.9 Å². The number of aromatic nitrogens is 3. The fourth-order valence-corrected chi connectivity index (χ4v) is 4.50. The normalized spacial score (nSPS) is 22.5. The number of hydrogen-bond donors (Lipinski definition) is 1. The molecule has 3 aromatic rings. The molecule has 2 aliphatic rings. The van der Waals surface area contributed by atoms with Crippen LogP contribution in [0.4, 0.5) is 8.78 Å². The number of halogens is 3. The van der Waals surface area contributed by atoms with E-state index in [1.165, 1.54) is 24.4 Å². The lowest BCUT2D eigenvalue weighted by molar-refractivity contribution is 0.0744. The SMILES string of the molecule is CCC1CC(F)C(COc2cc(F)ccc2C(=O)N2Cc3nn4cc(Cl)cnc4c3C2)N1. The largest absolute Gasteiger partial charge is 0.491 e. The summed E-state index contributed by atoms with van der Waals surface area (Å²) in [4.78, 5) is 19.2. The molecule has 3 unspecified atom stereocenters. The number of nitrogens with one attached hydrogen (secondary N) is 1. The summed E-state index contributed by atoms with van der Waals surface area (Å²) in [5.41, 5.74) is 2.45. The summed E-state index contributed by atoms with van der Waals surface area (Å²) >= 11 is 5.97. The number of ether oxygens (including phenoxy) is 1. The second-order valence-electron chi connectivity index (χ2n) is 8.21. The molecule has 3 atom stereocenters. The quantitative estimate of drug-likeness (QED) is 0.629. The summed E-state index contributed by atoms with van der Waals surface area (Å²) in [7, 11) is 0. The molecule has 1 amide bonds. The Morgan fingerprint density at radius 2 is 2.22 bits per heavy atom. The Morgan fingerprint density at radius 1 is 1.38 bits per heavy atom. The fourth-order valence-electron chi connectivity index (χ4n) is 4.36. The second kappa shape index (κ2) is 8.29. The van der Waals surface area contributed by atoms with Crippen LogP contribution in [0.3, 0.4) is 0 Å². The van der Waals surface area contributed by atoms with E-state index in [9.17, 15) is 13.6 Å². The van der Waals surface area contributed by atoms with Crippen molar-refractivity contribution in [3.63, 3.8) is 0 Å². The molecule has 1 aromatic carbocycles. The average molecular weight is 462 g/mol. The lowest BCUT2D eigenvalue weighted by Crippen LogP contribution is -2.37. The molecule has 10 heteroatoms. The topological polar surface area (TPSA) is 71.8 Å². The lowest BCUT2D eigenvalue weighted by Gasteiger charge is -2.20. The first kappa shape index (κ1) is 21.1. The van der Waals surface area contributed by atoms with Gasteiger partial charge in [0, 0.05) is 23.9 Å². The second-order valence-corrected chi connectivity index (χ2v) is 8.64. The first-order valence-corrected chi connectivity index (χ1v) is 10.9. The van der Waals surface area contributed by atoms with Crippen LogP contribution < -0.4 is 10.1 Å². The predicted molar refractivity (Wildman–Crippen MR) is 114 cm³/mol. The molecule has 2 aromatic heterocycles. The van der Waals surface area contributed by atoms with Gasteiger partial charge in [-0.3, -0.25) is 4.79 Å². The Bertz CT molecular complexity index is 1190. The van der Waals surface area contributed by atoms with Crippen LogP contribution in [-0.4, -0.2) is 50.3 Å². The third kappa shape index (κ3) is 3.80. The summed E-state index contributed by atoms with van der Waals surface area (Å²) in [6.07, 6.45) is 3.40. The van der Waals surface area contributed by atoms with Gasteiger partial charge in [0.25, 0.3) is 5.91 Å². The third-order valence-electron chi connectivity index (χ3n) is 6.08. The highest BCUT2D eigenvalue weighted by molar-refractivity contribution is 6.30. The van der Waals surface area contributed by atoms with Crippen LogP contribution in [-0.2, 0) is 13.1 Å². The van der Waals surface area contributed by atoms with E-state index in [1.807, 2.05) is 6.92 Å². The van der Waals surface area contributed by atoms with Crippen molar-refractivity contribution in [3.8, 4) is 5.75 Å². The molecule has 168 valence electrons. The van der Waals surface area contributed by atoms with Gasteiger partial charge in [-0.2, -0.15) is 5.10 Å². The van der Waals surface area contributed by atoms with E-state index in [1.54, 1.807) is 15.6 Å². The third-order valence-corrected chi connectivity index (χ3v) is 6.27. The molecule has 1 N–H and O–H groups in total. The van der Waals surface area contributed by atoms with Crippen molar-refractivity contribution in [1.82, 2.24) is 24.8 Å². The zero-order valence-corrected chi connectivity index (χ0v) is 18.1. The number of fused-ring (bicyclic) bond motifs is 3. The molecular weight excluding hydrogens is 440 g/mol. The smallest absolute Gasteiger partial charge is 0.258 e. The Morgan fingerprint density at radius 3 is 3.00 bits per heavy atom. The molecule has 0 aliphatic carbocycles. The van der Waals surface area contributed by atoms with Crippen LogP contribution >= 0.6 is 11.6 Å². The number of amides is 1. The van der Waals surface area contributed by atoms with Gasteiger partial charge >= 0.3 is 0 Å². The Labute approximate surface area is 188 Å². The molecule has 5 rings (SSSR count). The van der Waals surface area contributed by atoms with Crippen molar-refractivity contribution in [3.05, 3.63) is 58.3 Å². The first-order valence-electron chi connectivity index (χ1n) is 10.6. The van der Waals surface area contributed by atoms with Crippen LogP contribution in [0.5, 0.6) is 5.75 Å². The fraction of sp³-hybridized carbons (Fsp3) is 0.409. The van der Waals surface area contributed by atoms with Gasteiger partial charge in [-0.15, -0.1) is 0 Å². The van der Waals surface area contributed by atoms with Crippen molar-refractivity contribution < 1.29 is 18.3 Å². The van der Waals surface area contributed by atoms with Gasteiger partial charge in [0.2, 0.25) is 0 Å². The summed E-state index contributed by atoms with van der Waals surface area (Å²) in [5, 5.41) is 8.13. The van der Waals surface area contributed by atoms with E-state index in [4.69, 9.17) is 16.3 Å². The Hall–Kier alpha value is -2.78. The predicted octanol–water partition coefficient (Wildman–Crippen LogP) is 3.54. The van der Waals surface area contributed by atoms with Gasteiger partial charge in [-0.1, -0.05) is 18.5 Å². The van der Waals surface area contributed by atoms with E-state index < -0.39 is 18.0 Å². The minimum Gasteiger partial charge on any atom is -0.491 e. The summed E-state index contributed by atoms with van der Waals surface area (Å²) in [6.45, 7) is 2.62. The van der Waals surface area contributed by atoms with Crippen LogP contribution in [0.15, 0.2) is 30.6 Å². The highest BCUT2D eigenvalue weighted by atomic mass is 35.5. The minimum atomic E-state index is -1.04. The Balaban J connectivity index is 1.34. The number of hydrogen-bond acceptors (Lipinski definition) is 5. The molecule has 0 saturated carbocycles. The van der Waals surface area contributed by atoms with Crippen molar-refractivity contribution in [2.24, 2.45) is 0 Å².